The highest BCUT2D eigenvalue weighted by molar-refractivity contribution is 9.11. The Bertz CT molecular complexity index is 1220. The number of methoxy groups -OCH3 is 1. The Morgan fingerprint density at radius 2 is 2.10 bits per heavy atom. The largest absolute Gasteiger partial charge is 0.465 e. The van der Waals surface area contributed by atoms with Gasteiger partial charge in [0.2, 0.25) is 6.23 Å². The Balaban J connectivity index is 1.85. The molecule has 6 heteroatoms. The lowest BCUT2D eigenvalue weighted by Crippen LogP contribution is -2.24. The Labute approximate surface area is 200 Å². The van der Waals surface area contributed by atoms with E-state index in [0.29, 0.717) is 0 Å². The molecular weight excluding hydrogens is 494 g/mol. The number of hydrogen-bond donors (Lipinski definition) is 0. The van der Waals surface area contributed by atoms with E-state index in [-0.39, 0.29) is 11.8 Å². The van der Waals surface area contributed by atoms with Crippen molar-refractivity contribution in [3.05, 3.63) is 85.8 Å². The second kappa shape index (κ2) is 8.62. The molecule has 2 aromatic heterocycles. The summed E-state index contributed by atoms with van der Waals surface area (Å²) in [5.74, 6) is 0.824. The summed E-state index contributed by atoms with van der Waals surface area (Å²) in [5.41, 5.74) is 3.08. The normalized spacial score (nSPS) is 17.1. The van der Waals surface area contributed by atoms with E-state index in [4.69, 9.17) is 21.1 Å². The highest BCUT2D eigenvalue weighted by Crippen LogP contribution is 2.42. The number of hydrogen-bond acceptors (Lipinski definition) is 3. The molecule has 4 rings (SSSR count). The van der Waals surface area contributed by atoms with Crippen molar-refractivity contribution >= 4 is 55.3 Å². The number of rotatable bonds is 6. The molecule has 3 aromatic rings. The minimum absolute atomic E-state index is 0.211. The summed E-state index contributed by atoms with van der Waals surface area (Å²) in [5, 5.41) is 1.82. The van der Waals surface area contributed by atoms with Gasteiger partial charge in [-0.05, 0) is 63.2 Å². The van der Waals surface area contributed by atoms with Crippen molar-refractivity contribution in [2.45, 2.75) is 39.0 Å². The maximum absolute atomic E-state index is 6.58. The minimum Gasteiger partial charge on any atom is -0.465 e. The van der Waals surface area contributed by atoms with E-state index in [1.807, 2.05) is 18.2 Å². The van der Waals surface area contributed by atoms with Crippen LogP contribution in [-0.4, -0.2) is 17.3 Å². The number of fused-ring (bicyclic) bond motifs is 3. The fraction of sp³-hybridized carbons (Fsp3) is 0.280. The third kappa shape index (κ3) is 4.42. The summed E-state index contributed by atoms with van der Waals surface area (Å²) in [7, 11) is 1.76. The first-order chi connectivity index (χ1) is 14.7. The molecule has 0 fully saturated rings. The third-order valence-electron chi connectivity index (χ3n) is 5.57. The predicted octanol–water partition coefficient (Wildman–Crippen LogP) is 8.10. The van der Waals surface area contributed by atoms with Crippen LogP contribution in [0.3, 0.4) is 0 Å². The minimum atomic E-state index is -0.266. The lowest BCUT2D eigenvalue weighted by Gasteiger charge is -2.29. The smallest absolute Gasteiger partial charge is 0.212 e. The average molecular weight is 519 g/mol. The molecule has 1 aromatic carbocycles. The van der Waals surface area contributed by atoms with E-state index < -0.39 is 0 Å². The van der Waals surface area contributed by atoms with Crippen LogP contribution in [0.15, 0.2) is 65.4 Å². The molecule has 3 heterocycles. The van der Waals surface area contributed by atoms with Crippen molar-refractivity contribution in [3.8, 4) is 0 Å². The van der Waals surface area contributed by atoms with Gasteiger partial charge in [0.25, 0.3) is 0 Å². The molecule has 0 saturated carbocycles. The molecule has 0 N–H and O–H groups in total. The zero-order valence-corrected chi connectivity index (χ0v) is 21.2. The fourth-order valence-electron chi connectivity index (χ4n) is 3.76. The van der Waals surface area contributed by atoms with Gasteiger partial charge < -0.3 is 14.0 Å². The SMILES string of the molecule is C=CC(Br)=CC1=C(C)c2cc3cc(Cl)ccc3n2C(c2ccc(CC(C)(C)OC)s2)O1. The number of allylic oxidation sites excluding steroid dienone is 4. The highest BCUT2D eigenvalue weighted by atomic mass is 79.9. The summed E-state index contributed by atoms with van der Waals surface area (Å²) in [4.78, 5) is 2.41. The quantitative estimate of drug-likeness (QED) is 0.308. The zero-order chi connectivity index (χ0) is 22.3. The number of nitrogens with zero attached hydrogens (tertiary/aromatic N) is 1. The molecule has 0 amide bonds. The van der Waals surface area contributed by atoms with Crippen molar-refractivity contribution in [1.82, 2.24) is 4.57 Å². The summed E-state index contributed by atoms with van der Waals surface area (Å²) in [6, 6.07) is 12.5. The van der Waals surface area contributed by atoms with Gasteiger partial charge in [-0.3, -0.25) is 0 Å². The number of aromatic nitrogens is 1. The van der Waals surface area contributed by atoms with Crippen LogP contribution in [-0.2, 0) is 15.9 Å². The Kier molecular flexibility index (Phi) is 6.23. The number of thiophene rings is 1. The second-order valence-electron chi connectivity index (χ2n) is 8.24. The van der Waals surface area contributed by atoms with Gasteiger partial charge in [-0.2, -0.15) is 0 Å². The van der Waals surface area contributed by atoms with Crippen LogP contribution < -0.4 is 0 Å². The van der Waals surface area contributed by atoms with Crippen molar-refractivity contribution in [3.63, 3.8) is 0 Å². The van der Waals surface area contributed by atoms with Crippen LogP contribution in [0.25, 0.3) is 16.5 Å². The Hall–Kier alpha value is -1.79. The summed E-state index contributed by atoms with van der Waals surface area (Å²) in [6.45, 7) is 10.1. The van der Waals surface area contributed by atoms with Gasteiger partial charge in [-0.15, -0.1) is 11.3 Å². The third-order valence-corrected chi connectivity index (χ3v) is 7.47. The Morgan fingerprint density at radius 1 is 1.32 bits per heavy atom. The van der Waals surface area contributed by atoms with Gasteiger partial charge >= 0.3 is 0 Å². The van der Waals surface area contributed by atoms with E-state index in [0.717, 1.165) is 48.7 Å². The van der Waals surface area contributed by atoms with Crippen LogP contribution in [0.4, 0.5) is 0 Å². The van der Waals surface area contributed by atoms with Gasteiger partial charge in [-0.25, -0.2) is 0 Å². The molecule has 0 radical (unpaired) electrons. The maximum Gasteiger partial charge on any atom is 0.212 e. The topological polar surface area (TPSA) is 23.4 Å². The summed E-state index contributed by atoms with van der Waals surface area (Å²) >= 11 is 11.6. The number of ether oxygens (including phenoxy) is 2. The molecule has 1 aliphatic heterocycles. The molecular formula is C25H25BrClNO2S. The van der Waals surface area contributed by atoms with Gasteiger partial charge in [0.1, 0.15) is 5.76 Å². The van der Waals surface area contributed by atoms with Gasteiger partial charge in [0.05, 0.1) is 21.7 Å². The standard InChI is InChI=1S/C25H25BrClNO2S/c1-6-17(26)13-22-15(2)21-12-16-11-18(27)7-9-20(16)28(21)24(30-22)23-10-8-19(31-23)14-25(3,4)29-5/h6-13,24H,1,14H2,2-5H3. The van der Waals surface area contributed by atoms with Gasteiger partial charge in [0, 0.05) is 38.9 Å². The van der Waals surface area contributed by atoms with Crippen molar-refractivity contribution < 1.29 is 9.47 Å². The maximum atomic E-state index is 6.58. The van der Waals surface area contributed by atoms with Crippen LogP contribution in [0.2, 0.25) is 5.02 Å². The van der Waals surface area contributed by atoms with Crippen LogP contribution >= 0.6 is 38.9 Å². The molecule has 162 valence electrons. The molecule has 0 saturated heterocycles. The van der Waals surface area contributed by atoms with Crippen molar-refractivity contribution in [2.24, 2.45) is 0 Å². The first kappa shape index (κ1) is 22.4. The van der Waals surface area contributed by atoms with Crippen LogP contribution in [0.1, 0.15) is 42.4 Å². The van der Waals surface area contributed by atoms with E-state index >= 15 is 0 Å². The van der Waals surface area contributed by atoms with Crippen molar-refractivity contribution in [2.75, 3.05) is 7.11 Å². The summed E-state index contributed by atoms with van der Waals surface area (Å²) in [6.07, 6.45) is 4.32. The van der Waals surface area contributed by atoms with E-state index in [1.165, 1.54) is 4.88 Å². The van der Waals surface area contributed by atoms with E-state index in [1.54, 1.807) is 24.5 Å². The molecule has 0 spiro atoms. The first-order valence-corrected chi connectivity index (χ1v) is 12.0. The van der Waals surface area contributed by atoms with Crippen LogP contribution in [0, 0.1) is 0 Å². The molecule has 3 nitrogen and oxygen atoms in total. The van der Waals surface area contributed by atoms with Gasteiger partial charge in [-0.1, -0.05) is 40.2 Å². The second-order valence-corrected chi connectivity index (χ2v) is 10.8. The monoisotopic (exact) mass is 517 g/mol. The molecule has 0 aliphatic carbocycles. The molecule has 31 heavy (non-hydrogen) atoms. The molecule has 1 atom stereocenters. The lowest BCUT2D eigenvalue weighted by atomic mass is 10.0. The Morgan fingerprint density at radius 3 is 2.81 bits per heavy atom. The van der Waals surface area contributed by atoms with E-state index in [9.17, 15) is 0 Å². The lowest BCUT2D eigenvalue weighted by molar-refractivity contribution is 0.0238. The highest BCUT2D eigenvalue weighted by Gasteiger charge is 2.30. The van der Waals surface area contributed by atoms with Crippen molar-refractivity contribution in [1.29, 1.82) is 0 Å². The molecule has 0 bridgehead atoms. The first-order valence-electron chi connectivity index (χ1n) is 10.0. The van der Waals surface area contributed by atoms with Gasteiger partial charge in [0.15, 0.2) is 0 Å². The number of benzene rings is 1. The average Bonchev–Trinajstić information content (AvgIpc) is 3.34. The summed E-state index contributed by atoms with van der Waals surface area (Å²) < 4.78 is 15.3. The fourth-order valence-corrected chi connectivity index (χ4v) is 5.40. The predicted molar refractivity (Wildman–Crippen MR) is 135 cm³/mol. The van der Waals surface area contributed by atoms with Crippen LogP contribution in [0.5, 0.6) is 0 Å². The molecule has 1 unspecified atom stereocenters. The number of halogens is 2. The van der Waals surface area contributed by atoms with E-state index in [2.05, 4.69) is 72.1 Å². The zero-order valence-electron chi connectivity index (χ0n) is 18.0. The molecule has 1 aliphatic rings.